The van der Waals surface area contributed by atoms with E-state index in [0.29, 0.717) is 41.2 Å². The summed E-state index contributed by atoms with van der Waals surface area (Å²) in [5.41, 5.74) is 1.74. The van der Waals surface area contributed by atoms with E-state index in [2.05, 4.69) is 5.32 Å². The van der Waals surface area contributed by atoms with E-state index < -0.39 is 35.9 Å². The normalized spacial score (nSPS) is 20.6. The molecule has 4 rings (SSSR count). The number of amides is 2. The number of hydrogen-bond donors (Lipinski definition) is 2. The van der Waals surface area contributed by atoms with Gasteiger partial charge >= 0.3 is 12.0 Å². The maximum atomic E-state index is 14.3. The number of ether oxygens (including phenoxy) is 2. The smallest absolute Gasteiger partial charge is 0.327 e. The maximum Gasteiger partial charge on any atom is 0.327 e. The molecule has 0 bridgehead atoms. The van der Waals surface area contributed by atoms with Crippen molar-refractivity contribution >= 4 is 17.8 Å². The number of nitrogens with zero attached hydrogens (tertiary/aromatic N) is 1. The van der Waals surface area contributed by atoms with E-state index >= 15 is 0 Å². The van der Waals surface area contributed by atoms with E-state index in [0.717, 1.165) is 0 Å². The molecule has 198 valence electrons. The van der Waals surface area contributed by atoms with Crippen molar-refractivity contribution in [3.8, 4) is 11.5 Å². The zero-order valence-electron chi connectivity index (χ0n) is 21.7. The number of benzene rings is 3. The zero-order chi connectivity index (χ0) is 27.2. The number of hydrogen-bond acceptors (Lipinski definition) is 5. The number of ketones is 1. The summed E-state index contributed by atoms with van der Waals surface area (Å²) in [4.78, 5) is 42.1. The molecule has 38 heavy (non-hydrogen) atoms. The molecule has 1 fully saturated rings. The minimum absolute atomic E-state index is 0.251. The third-order valence-electron chi connectivity index (χ3n) is 7.00. The van der Waals surface area contributed by atoms with Crippen molar-refractivity contribution in [2.75, 3.05) is 20.8 Å². The van der Waals surface area contributed by atoms with Crippen LogP contribution in [0.4, 0.5) is 4.79 Å². The highest BCUT2D eigenvalue weighted by Gasteiger charge is 2.57. The SMILES string of the molecule is CCCNC(=O)N1C(C(=O)O)C(c2ccccc2)C(C(=O)c2ccc(OC)cc2)C1c1ccc(OC)cc1. The Balaban J connectivity index is 1.94. The number of urea groups is 1. The molecular weight excluding hydrogens is 484 g/mol. The van der Waals surface area contributed by atoms with Crippen molar-refractivity contribution in [1.82, 2.24) is 10.2 Å². The number of carboxylic acids is 1. The van der Waals surface area contributed by atoms with Gasteiger partial charge in [-0.2, -0.15) is 0 Å². The number of aliphatic carboxylic acids is 1. The quantitative estimate of drug-likeness (QED) is 0.391. The van der Waals surface area contributed by atoms with Crippen LogP contribution in [-0.2, 0) is 4.79 Å². The number of carboxylic acid groups (broad SMARTS) is 1. The Morgan fingerprint density at radius 2 is 1.42 bits per heavy atom. The second kappa shape index (κ2) is 11.8. The number of carbonyl (C=O) groups excluding carboxylic acids is 2. The molecule has 1 heterocycles. The van der Waals surface area contributed by atoms with Gasteiger partial charge in [-0.25, -0.2) is 9.59 Å². The van der Waals surface area contributed by atoms with E-state index in [-0.39, 0.29) is 5.78 Å². The topological polar surface area (TPSA) is 105 Å². The molecule has 1 aliphatic heterocycles. The molecular formula is C30H32N2O6. The molecule has 3 aromatic rings. The predicted molar refractivity (Wildman–Crippen MR) is 143 cm³/mol. The lowest BCUT2D eigenvalue weighted by Gasteiger charge is -2.30. The van der Waals surface area contributed by atoms with Crippen molar-refractivity contribution in [3.05, 3.63) is 95.6 Å². The largest absolute Gasteiger partial charge is 0.497 e. The number of nitrogens with one attached hydrogen (secondary N) is 1. The Hall–Kier alpha value is -4.33. The molecule has 2 N–H and O–H groups in total. The highest BCUT2D eigenvalue weighted by molar-refractivity contribution is 6.01. The third-order valence-corrected chi connectivity index (χ3v) is 7.00. The van der Waals surface area contributed by atoms with E-state index in [4.69, 9.17) is 9.47 Å². The minimum atomic E-state index is -1.27. The van der Waals surface area contributed by atoms with Gasteiger partial charge in [0.25, 0.3) is 0 Å². The number of carbonyl (C=O) groups is 3. The molecule has 0 aromatic heterocycles. The van der Waals surface area contributed by atoms with Crippen LogP contribution in [0.5, 0.6) is 11.5 Å². The fourth-order valence-corrected chi connectivity index (χ4v) is 5.25. The fraction of sp³-hybridized carbons (Fsp3) is 0.300. The molecule has 8 nitrogen and oxygen atoms in total. The average molecular weight is 517 g/mol. The second-order valence-electron chi connectivity index (χ2n) is 9.20. The van der Waals surface area contributed by atoms with Gasteiger partial charge < -0.3 is 24.8 Å². The number of rotatable bonds is 9. The summed E-state index contributed by atoms with van der Waals surface area (Å²) in [6, 6.07) is 20.3. The molecule has 0 aliphatic carbocycles. The zero-order valence-corrected chi connectivity index (χ0v) is 21.7. The van der Waals surface area contributed by atoms with Crippen molar-refractivity contribution in [1.29, 1.82) is 0 Å². The molecule has 0 spiro atoms. The summed E-state index contributed by atoms with van der Waals surface area (Å²) in [6.45, 7) is 2.30. The number of Topliss-reactive ketones (excluding diaryl/α,β-unsaturated/α-hetero) is 1. The van der Waals surface area contributed by atoms with Crippen LogP contribution in [0, 0.1) is 5.92 Å². The first-order valence-electron chi connectivity index (χ1n) is 12.6. The Morgan fingerprint density at radius 3 is 1.95 bits per heavy atom. The van der Waals surface area contributed by atoms with E-state index in [1.54, 1.807) is 62.8 Å². The first-order valence-corrected chi connectivity index (χ1v) is 12.6. The summed E-state index contributed by atoms with van der Waals surface area (Å²) in [7, 11) is 3.10. The molecule has 0 saturated carbocycles. The lowest BCUT2D eigenvalue weighted by Crippen LogP contribution is -2.48. The summed E-state index contributed by atoms with van der Waals surface area (Å²) < 4.78 is 10.6. The predicted octanol–water partition coefficient (Wildman–Crippen LogP) is 4.92. The first kappa shape index (κ1) is 26.7. The van der Waals surface area contributed by atoms with Gasteiger partial charge in [0.2, 0.25) is 0 Å². The van der Waals surface area contributed by atoms with Gasteiger partial charge in [0, 0.05) is 18.0 Å². The minimum Gasteiger partial charge on any atom is -0.497 e. The molecule has 8 heteroatoms. The number of methoxy groups -OCH3 is 2. The van der Waals surface area contributed by atoms with Crippen molar-refractivity contribution in [2.45, 2.75) is 31.3 Å². The van der Waals surface area contributed by atoms with Crippen LogP contribution in [0.15, 0.2) is 78.9 Å². The van der Waals surface area contributed by atoms with Crippen LogP contribution in [0.2, 0.25) is 0 Å². The van der Waals surface area contributed by atoms with Gasteiger partial charge in [-0.3, -0.25) is 4.79 Å². The standard InChI is InChI=1S/C30H32N2O6/c1-4-18-31-30(36)32-26(20-10-14-22(37-2)15-11-20)25(28(33)21-12-16-23(38-3)17-13-21)24(27(32)29(34)35)19-8-6-5-7-9-19/h5-17,24-27H,4,18H2,1-3H3,(H,31,36)(H,34,35). The van der Waals surface area contributed by atoms with Crippen molar-refractivity contribution in [3.63, 3.8) is 0 Å². The molecule has 1 saturated heterocycles. The maximum absolute atomic E-state index is 14.3. The molecule has 0 radical (unpaired) electrons. The molecule has 4 atom stereocenters. The lowest BCUT2D eigenvalue weighted by atomic mass is 9.76. The van der Waals surface area contributed by atoms with Crippen LogP contribution in [0.3, 0.4) is 0 Å². The van der Waals surface area contributed by atoms with Gasteiger partial charge in [-0.05, 0) is 53.9 Å². The Morgan fingerprint density at radius 1 is 0.842 bits per heavy atom. The fourth-order valence-electron chi connectivity index (χ4n) is 5.25. The number of likely N-dealkylation sites (tertiary alicyclic amines) is 1. The van der Waals surface area contributed by atoms with Gasteiger partial charge in [-0.15, -0.1) is 0 Å². The van der Waals surface area contributed by atoms with Crippen LogP contribution >= 0.6 is 0 Å². The summed E-state index contributed by atoms with van der Waals surface area (Å²) in [5.74, 6) is -1.87. The van der Waals surface area contributed by atoms with E-state index in [9.17, 15) is 19.5 Å². The van der Waals surface area contributed by atoms with Crippen LogP contribution < -0.4 is 14.8 Å². The first-order chi connectivity index (χ1) is 18.4. The molecule has 4 unspecified atom stereocenters. The van der Waals surface area contributed by atoms with Crippen molar-refractivity contribution in [2.24, 2.45) is 5.92 Å². The Kier molecular flexibility index (Phi) is 8.31. The Labute approximate surface area is 222 Å². The summed E-state index contributed by atoms with van der Waals surface area (Å²) >= 11 is 0. The third kappa shape index (κ3) is 5.20. The Bertz CT molecular complexity index is 1260. The van der Waals surface area contributed by atoms with Crippen LogP contribution in [0.1, 0.15) is 46.8 Å². The lowest BCUT2D eigenvalue weighted by molar-refractivity contribution is -0.142. The summed E-state index contributed by atoms with van der Waals surface area (Å²) in [5, 5.41) is 13.3. The van der Waals surface area contributed by atoms with Gasteiger partial charge in [-0.1, -0.05) is 49.4 Å². The van der Waals surface area contributed by atoms with Gasteiger partial charge in [0.15, 0.2) is 5.78 Å². The summed E-state index contributed by atoms with van der Waals surface area (Å²) in [6.07, 6.45) is 0.681. The molecule has 1 aliphatic rings. The van der Waals surface area contributed by atoms with Crippen LogP contribution in [0.25, 0.3) is 0 Å². The van der Waals surface area contributed by atoms with Crippen molar-refractivity contribution < 1.29 is 29.0 Å². The highest BCUT2D eigenvalue weighted by atomic mass is 16.5. The van der Waals surface area contributed by atoms with E-state index in [1.165, 1.54) is 4.90 Å². The van der Waals surface area contributed by atoms with Crippen LogP contribution in [-0.4, -0.2) is 54.6 Å². The second-order valence-corrected chi connectivity index (χ2v) is 9.20. The molecule has 3 aromatic carbocycles. The average Bonchev–Trinajstić information content (AvgIpc) is 3.32. The van der Waals surface area contributed by atoms with Gasteiger partial charge in [0.05, 0.1) is 26.2 Å². The van der Waals surface area contributed by atoms with E-state index in [1.807, 2.05) is 37.3 Å². The monoisotopic (exact) mass is 516 g/mol. The molecule has 2 amide bonds. The van der Waals surface area contributed by atoms with Gasteiger partial charge in [0.1, 0.15) is 17.5 Å². The highest BCUT2D eigenvalue weighted by Crippen LogP contribution is 2.51.